The molecule has 2 aliphatic rings. The summed E-state index contributed by atoms with van der Waals surface area (Å²) in [6.45, 7) is 14.8. The largest absolute Gasteiger partial charge is 0.307 e. The standard InChI is InChI=1S/C54H74N2O2S2/c1-7-11-15-18-19-22-26-42(25-21-17-13-9-3)36-56-48-34-44(50-32-40(6)38-60-50)28-30-46(48)52(54(56)58)51-45-29-27-43(49-31-39(5)37-59-49)33-47(45)55(53(51)57)35-41(23-14-10-4)24-20-16-12-8-2/h27-34,37-38,41-42H,7-26,35-36H2,1-6H3/b52-51+. The van der Waals surface area contributed by atoms with Crippen molar-refractivity contribution < 1.29 is 9.59 Å². The van der Waals surface area contributed by atoms with Gasteiger partial charge in [-0.1, -0.05) is 155 Å². The summed E-state index contributed by atoms with van der Waals surface area (Å²) in [5.41, 5.74) is 9.76. The Labute approximate surface area is 371 Å². The monoisotopic (exact) mass is 847 g/mol. The van der Waals surface area contributed by atoms with E-state index in [-0.39, 0.29) is 11.8 Å². The maximum absolute atomic E-state index is 15.4. The van der Waals surface area contributed by atoms with Gasteiger partial charge in [0.1, 0.15) is 0 Å². The van der Waals surface area contributed by atoms with Crippen molar-refractivity contribution in [2.45, 2.75) is 170 Å². The van der Waals surface area contributed by atoms with Crippen LogP contribution in [0, 0.1) is 25.7 Å². The third-order valence-electron chi connectivity index (χ3n) is 13.1. The minimum absolute atomic E-state index is 0.00206. The van der Waals surface area contributed by atoms with Crippen LogP contribution in [0.4, 0.5) is 11.4 Å². The maximum atomic E-state index is 15.4. The Morgan fingerprint density at radius 1 is 0.467 bits per heavy atom. The number of nitrogens with zero attached hydrogens (tertiary/aromatic N) is 2. The first kappa shape index (κ1) is 46.0. The molecule has 0 spiro atoms. The molecular formula is C54H74N2O2S2. The van der Waals surface area contributed by atoms with E-state index in [0.29, 0.717) is 36.1 Å². The number of hydrogen-bond acceptors (Lipinski definition) is 4. The first-order valence-electron chi connectivity index (χ1n) is 24.1. The van der Waals surface area contributed by atoms with E-state index in [4.69, 9.17) is 0 Å². The molecule has 0 fully saturated rings. The Bertz CT molecular complexity index is 2040. The van der Waals surface area contributed by atoms with Gasteiger partial charge in [0.2, 0.25) is 0 Å². The lowest BCUT2D eigenvalue weighted by Gasteiger charge is -2.25. The van der Waals surface area contributed by atoms with Crippen LogP contribution < -0.4 is 9.80 Å². The SMILES string of the molecule is CCCCCCCCC(CCCCCC)CN1C(=O)/C(=C2/C(=O)N(CC(CCCC)CCCCCC)c3cc(-c4cc(C)cs4)ccc32)c2ccc(-c3cc(C)cs3)cc21. The van der Waals surface area contributed by atoms with E-state index in [0.717, 1.165) is 65.7 Å². The quantitative estimate of drug-likeness (QED) is 0.0467. The summed E-state index contributed by atoms with van der Waals surface area (Å²) in [7, 11) is 0. The number of carbonyl (C=O) groups excluding carboxylic acids is 2. The van der Waals surface area contributed by atoms with Gasteiger partial charge in [-0.3, -0.25) is 9.59 Å². The average molecular weight is 847 g/mol. The summed E-state index contributed by atoms with van der Waals surface area (Å²) in [5.74, 6) is 0.846. The van der Waals surface area contributed by atoms with Gasteiger partial charge >= 0.3 is 0 Å². The number of fused-ring (bicyclic) bond motifs is 2. The van der Waals surface area contributed by atoms with Crippen molar-refractivity contribution in [2.75, 3.05) is 22.9 Å². The minimum Gasteiger partial charge on any atom is -0.307 e. The number of benzene rings is 2. The van der Waals surface area contributed by atoms with Crippen molar-refractivity contribution in [3.63, 3.8) is 0 Å². The Kier molecular flexibility index (Phi) is 17.7. The second-order valence-corrected chi connectivity index (χ2v) is 20.0. The van der Waals surface area contributed by atoms with Crippen molar-refractivity contribution in [1.29, 1.82) is 0 Å². The fourth-order valence-electron chi connectivity index (χ4n) is 9.57. The molecule has 0 aliphatic carbocycles. The molecular weight excluding hydrogens is 773 g/mol. The Hall–Kier alpha value is -3.48. The molecule has 2 amide bonds. The summed E-state index contributed by atoms with van der Waals surface area (Å²) in [6, 6.07) is 17.6. The minimum atomic E-state index is -0.00290. The molecule has 4 nitrogen and oxygen atoms in total. The molecule has 60 heavy (non-hydrogen) atoms. The van der Waals surface area contributed by atoms with Crippen LogP contribution in [-0.4, -0.2) is 24.9 Å². The third kappa shape index (κ3) is 11.5. The van der Waals surface area contributed by atoms with Crippen LogP contribution in [-0.2, 0) is 9.59 Å². The van der Waals surface area contributed by atoms with Crippen LogP contribution in [0.5, 0.6) is 0 Å². The number of rotatable bonds is 26. The van der Waals surface area contributed by atoms with Gasteiger partial charge in [-0.15, -0.1) is 22.7 Å². The maximum Gasteiger partial charge on any atom is 0.259 e. The van der Waals surface area contributed by atoms with Gasteiger partial charge in [0.15, 0.2) is 0 Å². The van der Waals surface area contributed by atoms with Crippen molar-refractivity contribution >= 4 is 57.0 Å². The summed E-state index contributed by atoms with van der Waals surface area (Å²) in [6.07, 6.45) is 24.4. The number of unbranched alkanes of at least 4 members (excludes halogenated alkanes) is 12. The zero-order chi connectivity index (χ0) is 42.4. The number of thiophene rings is 2. The molecule has 2 aromatic heterocycles. The van der Waals surface area contributed by atoms with Crippen molar-refractivity contribution in [2.24, 2.45) is 11.8 Å². The van der Waals surface area contributed by atoms with Gasteiger partial charge in [0.05, 0.1) is 22.5 Å². The lowest BCUT2D eigenvalue weighted by molar-refractivity contribution is -0.114. The van der Waals surface area contributed by atoms with E-state index in [1.807, 2.05) is 0 Å². The summed E-state index contributed by atoms with van der Waals surface area (Å²) in [5, 5.41) is 4.41. The second kappa shape index (κ2) is 23.1. The van der Waals surface area contributed by atoms with Crippen LogP contribution in [0.3, 0.4) is 0 Å². The van der Waals surface area contributed by atoms with Crippen LogP contribution in [0.15, 0.2) is 59.3 Å². The predicted octanol–water partition coefficient (Wildman–Crippen LogP) is 16.5. The molecule has 6 heteroatoms. The van der Waals surface area contributed by atoms with Gasteiger partial charge in [0, 0.05) is 34.0 Å². The van der Waals surface area contributed by atoms with Crippen LogP contribution in [0.2, 0.25) is 0 Å². The van der Waals surface area contributed by atoms with E-state index in [9.17, 15) is 0 Å². The number of carbonyl (C=O) groups is 2. The van der Waals surface area contributed by atoms with Crippen molar-refractivity contribution in [3.8, 4) is 20.9 Å². The molecule has 0 bridgehead atoms. The van der Waals surface area contributed by atoms with E-state index in [1.165, 1.54) is 117 Å². The summed E-state index contributed by atoms with van der Waals surface area (Å²) < 4.78 is 0. The highest BCUT2D eigenvalue weighted by Crippen LogP contribution is 2.49. The van der Waals surface area contributed by atoms with E-state index in [2.05, 4.69) is 111 Å². The topological polar surface area (TPSA) is 40.6 Å². The fourth-order valence-corrected chi connectivity index (χ4v) is 11.4. The van der Waals surface area contributed by atoms with Crippen LogP contribution in [0.25, 0.3) is 32.0 Å². The van der Waals surface area contributed by atoms with Crippen LogP contribution >= 0.6 is 22.7 Å². The van der Waals surface area contributed by atoms with Crippen LogP contribution in [0.1, 0.15) is 178 Å². The molecule has 2 aromatic carbocycles. The van der Waals surface area contributed by atoms with Gasteiger partial charge in [0.25, 0.3) is 11.8 Å². The first-order valence-corrected chi connectivity index (χ1v) is 25.8. The number of hydrogen-bond donors (Lipinski definition) is 0. The molecule has 2 aliphatic heterocycles. The highest BCUT2D eigenvalue weighted by molar-refractivity contribution is 7.14. The predicted molar refractivity (Wildman–Crippen MR) is 263 cm³/mol. The highest BCUT2D eigenvalue weighted by atomic mass is 32.1. The second-order valence-electron chi connectivity index (χ2n) is 18.2. The Morgan fingerprint density at radius 2 is 0.833 bits per heavy atom. The Morgan fingerprint density at radius 3 is 1.22 bits per heavy atom. The summed E-state index contributed by atoms with van der Waals surface area (Å²) in [4.78, 5) is 37.3. The lowest BCUT2D eigenvalue weighted by atomic mass is 9.93. The third-order valence-corrected chi connectivity index (χ3v) is 15.3. The summed E-state index contributed by atoms with van der Waals surface area (Å²) >= 11 is 3.52. The van der Waals surface area contributed by atoms with E-state index >= 15 is 9.59 Å². The van der Waals surface area contributed by atoms with E-state index < -0.39 is 0 Å². The number of amides is 2. The zero-order valence-corrected chi connectivity index (χ0v) is 39.6. The molecule has 2 unspecified atom stereocenters. The van der Waals surface area contributed by atoms with Crippen molar-refractivity contribution in [3.05, 3.63) is 81.5 Å². The fraction of sp³-hybridized carbons (Fsp3) is 0.556. The van der Waals surface area contributed by atoms with Crippen molar-refractivity contribution in [1.82, 2.24) is 0 Å². The molecule has 0 N–H and O–H groups in total. The molecule has 2 atom stereocenters. The lowest BCUT2D eigenvalue weighted by Crippen LogP contribution is -2.34. The van der Waals surface area contributed by atoms with Gasteiger partial charge in [-0.2, -0.15) is 0 Å². The van der Waals surface area contributed by atoms with E-state index in [1.54, 1.807) is 22.7 Å². The molecule has 4 aromatic rings. The number of aryl methyl sites for hydroxylation is 2. The molecule has 324 valence electrons. The normalized spacial score (nSPS) is 16.0. The molecule has 0 saturated carbocycles. The molecule has 0 radical (unpaired) electrons. The van der Waals surface area contributed by atoms with Gasteiger partial charge < -0.3 is 9.80 Å². The molecule has 6 rings (SSSR count). The molecule has 0 saturated heterocycles. The zero-order valence-electron chi connectivity index (χ0n) is 38.0. The molecule has 4 heterocycles. The first-order chi connectivity index (χ1) is 29.3. The smallest absolute Gasteiger partial charge is 0.259 e. The van der Waals surface area contributed by atoms with Gasteiger partial charge in [-0.25, -0.2) is 0 Å². The average Bonchev–Trinajstić information content (AvgIpc) is 4.01. The number of anilines is 2. The Balaban J connectivity index is 1.42. The van der Waals surface area contributed by atoms with Gasteiger partial charge in [-0.05, 0) is 109 Å². The highest BCUT2D eigenvalue weighted by Gasteiger charge is 2.43.